The minimum absolute atomic E-state index is 0.479. The summed E-state index contributed by atoms with van der Waals surface area (Å²) in [7, 11) is -3.42. The molecular formula is C12H19N3O2S. The summed E-state index contributed by atoms with van der Waals surface area (Å²) in [5.41, 5.74) is 8.10. The molecule has 0 amide bonds. The second-order valence-electron chi connectivity index (χ2n) is 4.30. The van der Waals surface area contributed by atoms with Crippen LogP contribution in [0.1, 0.15) is 19.4 Å². The molecule has 1 aliphatic rings. The molecule has 0 aromatic heterocycles. The molecule has 0 bridgehead atoms. The van der Waals surface area contributed by atoms with E-state index in [1.807, 2.05) is 26.0 Å². The van der Waals surface area contributed by atoms with Crippen molar-refractivity contribution >= 4 is 21.6 Å². The number of hydrogen-bond acceptors (Lipinski definition) is 3. The fourth-order valence-electron chi connectivity index (χ4n) is 2.30. The quantitative estimate of drug-likeness (QED) is 0.836. The summed E-state index contributed by atoms with van der Waals surface area (Å²) < 4.78 is 27.9. The Hall–Kier alpha value is -1.27. The lowest BCUT2D eigenvalue weighted by Gasteiger charge is -2.27. The maximum atomic E-state index is 12.5. The molecule has 1 heterocycles. The van der Waals surface area contributed by atoms with Crippen molar-refractivity contribution in [3.63, 3.8) is 0 Å². The molecule has 5 nitrogen and oxygen atoms in total. The molecule has 0 saturated heterocycles. The number of nitrogen functional groups attached to an aromatic ring is 1. The lowest BCUT2D eigenvalue weighted by Crippen LogP contribution is -2.43. The van der Waals surface area contributed by atoms with Gasteiger partial charge in [-0.2, -0.15) is 12.7 Å². The first-order chi connectivity index (χ1) is 8.50. The van der Waals surface area contributed by atoms with Crippen LogP contribution in [0.5, 0.6) is 0 Å². The standard InChI is InChI=1S/C12H19N3O2S/c1-3-14(4-2)18(16,17)15-8-7-10-5-6-11(13)9-12(10)15/h5-6,9H,3-4,7-8,13H2,1-2H3. The summed E-state index contributed by atoms with van der Waals surface area (Å²) >= 11 is 0. The molecule has 0 spiro atoms. The highest BCUT2D eigenvalue weighted by Crippen LogP contribution is 2.32. The monoisotopic (exact) mass is 269 g/mol. The Kier molecular flexibility index (Phi) is 3.49. The zero-order valence-corrected chi connectivity index (χ0v) is 11.6. The van der Waals surface area contributed by atoms with E-state index >= 15 is 0 Å². The number of anilines is 2. The smallest absolute Gasteiger partial charge is 0.304 e. The minimum atomic E-state index is -3.42. The average molecular weight is 269 g/mol. The molecule has 0 aliphatic carbocycles. The lowest BCUT2D eigenvalue weighted by atomic mass is 10.1. The molecule has 1 aliphatic heterocycles. The Balaban J connectivity index is 2.41. The van der Waals surface area contributed by atoms with Crippen LogP contribution in [-0.2, 0) is 16.6 Å². The zero-order chi connectivity index (χ0) is 13.3. The van der Waals surface area contributed by atoms with Crippen LogP contribution in [0.2, 0.25) is 0 Å². The van der Waals surface area contributed by atoms with Gasteiger partial charge >= 0.3 is 10.2 Å². The predicted molar refractivity (Wildman–Crippen MR) is 73.7 cm³/mol. The van der Waals surface area contributed by atoms with Gasteiger partial charge < -0.3 is 5.73 Å². The topological polar surface area (TPSA) is 66.6 Å². The molecule has 100 valence electrons. The van der Waals surface area contributed by atoms with Gasteiger partial charge in [-0.25, -0.2) is 0 Å². The first kappa shape index (κ1) is 13.2. The van der Waals surface area contributed by atoms with Gasteiger partial charge in [0, 0.05) is 25.3 Å². The van der Waals surface area contributed by atoms with Crippen molar-refractivity contribution in [2.75, 3.05) is 29.7 Å². The summed E-state index contributed by atoms with van der Waals surface area (Å²) in [6.07, 6.45) is 0.746. The van der Waals surface area contributed by atoms with E-state index in [1.54, 1.807) is 6.07 Å². The van der Waals surface area contributed by atoms with Crippen LogP contribution in [-0.4, -0.2) is 32.4 Å². The molecular weight excluding hydrogens is 250 g/mol. The van der Waals surface area contributed by atoms with Gasteiger partial charge in [-0.1, -0.05) is 19.9 Å². The molecule has 2 rings (SSSR count). The van der Waals surface area contributed by atoms with Crippen LogP contribution in [0.15, 0.2) is 18.2 Å². The third-order valence-electron chi connectivity index (χ3n) is 3.27. The number of nitrogens with zero attached hydrogens (tertiary/aromatic N) is 2. The molecule has 6 heteroatoms. The molecule has 0 saturated carbocycles. The molecule has 0 unspecified atom stereocenters. The van der Waals surface area contributed by atoms with E-state index in [1.165, 1.54) is 8.61 Å². The third-order valence-corrected chi connectivity index (χ3v) is 5.38. The average Bonchev–Trinajstić information content (AvgIpc) is 2.73. The molecule has 18 heavy (non-hydrogen) atoms. The van der Waals surface area contributed by atoms with Gasteiger partial charge in [0.2, 0.25) is 0 Å². The van der Waals surface area contributed by atoms with Gasteiger partial charge in [-0.15, -0.1) is 0 Å². The summed E-state index contributed by atoms with van der Waals surface area (Å²) in [6, 6.07) is 5.46. The first-order valence-electron chi connectivity index (χ1n) is 6.17. The van der Waals surface area contributed by atoms with Crippen LogP contribution in [0, 0.1) is 0 Å². The van der Waals surface area contributed by atoms with Crippen molar-refractivity contribution in [1.29, 1.82) is 0 Å². The second kappa shape index (κ2) is 4.78. The lowest BCUT2D eigenvalue weighted by molar-refractivity contribution is 0.443. The molecule has 1 aromatic rings. The zero-order valence-electron chi connectivity index (χ0n) is 10.8. The Bertz CT molecular complexity index is 538. The Morgan fingerprint density at radius 3 is 2.61 bits per heavy atom. The summed E-state index contributed by atoms with van der Waals surface area (Å²) in [6.45, 7) is 5.15. The summed E-state index contributed by atoms with van der Waals surface area (Å²) in [4.78, 5) is 0. The van der Waals surface area contributed by atoms with Crippen molar-refractivity contribution in [3.8, 4) is 0 Å². The normalized spacial score (nSPS) is 15.2. The van der Waals surface area contributed by atoms with E-state index < -0.39 is 10.2 Å². The van der Waals surface area contributed by atoms with Crippen LogP contribution in [0.4, 0.5) is 11.4 Å². The fraction of sp³-hybridized carbons (Fsp3) is 0.500. The number of benzene rings is 1. The van der Waals surface area contributed by atoms with Crippen molar-refractivity contribution < 1.29 is 8.42 Å². The number of nitrogens with two attached hydrogens (primary N) is 1. The van der Waals surface area contributed by atoms with E-state index in [0.717, 1.165) is 17.7 Å². The molecule has 0 radical (unpaired) electrons. The Labute approximate surface area is 108 Å². The van der Waals surface area contributed by atoms with Gasteiger partial charge in [-0.05, 0) is 24.1 Å². The number of rotatable bonds is 4. The molecule has 0 fully saturated rings. The highest BCUT2D eigenvalue weighted by atomic mass is 32.2. The van der Waals surface area contributed by atoms with Crippen molar-refractivity contribution in [2.24, 2.45) is 0 Å². The van der Waals surface area contributed by atoms with Gasteiger partial charge in [0.1, 0.15) is 0 Å². The second-order valence-corrected chi connectivity index (χ2v) is 6.16. The number of hydrogen-bond donors (Lipinski definition) is 1. The van der Waals surface area contributed by atoms with E-state index in [-0.39, 0.29) is 0 Å². The maximum absolute atomic E-state index is 12.5. The van der Waals surface area contributed by atoms with E-state index in [0.29, 0.717) is 25.3 Å². The van der Waals surface area contributed by atoms with Crippen LogP contribution < -0.4 is 10.0 Å². The predicted octanol–water partition coefficient (Wildman–Crippen LogP) is 1.22. The molecule has 1 aromatic carbocycles. The number of fused-ring (bicyclic) bond motifs is 1. The fourth-order valence-corrected chi connectivity index (χ4v) is 3.97. The van der Waals surface area contributed by atoms with Gasteiger partial charge in [-0.3, -0.25) is 4.31 Å². The van der Waals surface area contributed by atoms with Gasteiger partial charge in [0.15, 0.2) is 0 Å². The summed E-state index contributed by atoms with van der Waals surface area (Å²) in [5, 5.41) is 0. The molecule has 2 N–H and O–H groups in total. The van der Waals surface area contributed by atoms with Crippen molar-refractivity contribution in [2.45, 2.75) is 20.3 Å². The van der Waals surface area contributed by atoms with Crippen molar-refractivity contribution in [1.82, 2.24) is 4.31 Å². The summed E-state index contributed by atoms with van der Waals surface area (Å²) in [5.74, 6) is 0. The van der Waals surface area contributed by atoms with Crippen LogP contribution in [0.25, 0.3) is 0 Å². The minimum Gasteiger partial charge on any atom is -0.399 e. The maximum Gasteiger partial charge on any atom is 0.304 e. The Morgan fingerprint density at radius 2 is 2.00 bits per heavy atom. The van der Waals surface area contributed by atoms with Crippen LogP contribution >= 0.6 is 0 Å². The van der Waals surface area contributed by atoms with E-state index in [2.05, 4.69) is 0 Å². The third kappa shape index (κ3) is 2.06. The van der Waals surface area contributed by atoms with Crippen LogP contribution in [0.3, 0.4) is 0 Å². The van der Waals surface area contributed by atoms with Crippen molar-refractivity contribution in [3.05, 3.63) is 23.8 Å². The molecule has 0 atom stereocenters. The Morgan fingerprint density at radius 1 is 1.33 bits per heavy atom. The van der Waals surface area contributed by atoms with Gasteiger partial charge in [0.05, 0.1) is 5.69 Å². The largest absolute Gasteiger partial charge is 0.399 e. The SMILES string of the molecule is CCN(CC)S(=O)(=O)N1CCc2ccc(N)cc21. The highest BCUT2D eigenvalue weighted by Gasteiger charge is 2.32. The first-order valence-corrected chi connectivity index (χ1v) is 7.56. The van der Waals surface area contributed by atoms with Gasteiger partial charge in [0.25, 0.3) is 0 Å². The van der Waals surface area contributed by atoms with E-state index in [9.17, 15) is 8.42 Å². The van der Waals surface area contributed by atoms with E-state index in [4.69, 9.17) is 5.73 Å². The highest BCUT2D eigenvalue weighted by molar-refractivity contribution is 7.90.